The molecule has 30 heavy (non-hydrogen) atoms. The lowest BCUT2D eigenvalue weighted by molar-refractivity contribution is 1.48. The van der Waals surface area contributed by atoms with Crippen LogP contribution in [0.5, 0.6) is 0 Å². The molecule has 2 heteroatoms. The smallest absolute Gasteiger partial charge is 0.187 e. The zero-order valence-corrected chi connectivity index (χ0v) is 16.4. The predicted molar refractivity (Wildman–Crippen MR) is 126 cm³/mol. The molecule has 0 aromatic heterocycles. The van der Waals surface area contributed by atoms with E-state index in [1.54, 1.807) is 0 Å². The number of rotatable bonds is 6. The second kappa shape index (κ2) is 10.8. The molecule has 3 aromatic carbocycles. The average molecular weight is 384 g/mol. The Morgan fingerprint density at radius 3 is 1.23 bits per heavy atom. The maximum Gasteiger partial charge on any atom is 0.187 e. The van der Waals surface area contributed by atoms with Gasteiger partial charge in [0.25, 0.3) is 0 Å². The van der Waals surface area contributed by atoms with Gasteiger partial charge in [0, 0.05) is 0 Å². The molecular formula is C28H20N2. The summed E-state index contributed by atoms with van der Waals surface area (Å²) in [6.07, 6.45) is 16.1. The normalized spacial score (nSPS) is 11.4. The largest absolute Gasteiger partial charge is 0.238 e. The summed E-state index contributed by atoms with van der Waals surface area (Å²) in [4.78, 5) is 3.39. The van der Waals surface area contributed by atoms with Crippen LogP contribution in [0.3, 0.4) is 0 Å². The fourth-order valence-electron chi connectivity index (χ4n) is 2.71. The Hall–Kier alpha value is -4.40. The summed E-state index contributed by atoms with van der Waals surface area (Å²) >= 11 is 0. The van der Waals surface area contributed by atoms with Crippen molar-refractivity contribution < 1.29 is 0 Å². The molecule has 0 N–H and O–H groups in total. The highest BCUT2D eigenvalue weighted by atomic mass is 14.6. The summed E-state index contributed by atoms with van der Waals surface area (Å²) in [7, 11) is 0. The van der Waals surface area contributed by atoms with Crippen LogP contribution in [-0.4, -0.2) is 0 Å². The second-order valence-corrected chi connectivity index (χ2v) is 6.54. The van der Waals surface area contributed by atoms with E-state index >= 15 is 0 Å². The maximum atomic E-state index is 8.82. The average Bonchev–Trinajstić information content (AvgIpc) is 2.81. The second-order valence-electron chi connectivity index (χ2n) is 6.54. The Balaban J connectivity index is 1.52. The fourth-order valence-corrected chi connectivity index (χ4v) is 2.71. The van der Waals surface area contributed by atoms with E-state index in [9.17, 15) is 0 Å². The molecule has 0 aliphatic rings. The molecule has 0 radical (unpaired) electrons. The first-order valence-corrected chi connectivity index (χ1v) is 9.54. The van der Waals surface area contributed by atoms with Crippen molar-refractivity contribution in [2.45, 2.75) is 0 Å². The van der Waals surface area contributed by atoms with E-state index < -0.39 is 0 Å². The molecule has 0 amide bonds. The third kappa shape index (κ3) is 6.34. The third-order valence-electron chi connectivity index (χ3n) is 4.38. The van der Waals surface area contributed by atoms with Crippen LogP contribution in [0.15, 0.2) is 97.1 Å². The summed E-state index contributed by atoms with van der Waals surface area (Å²) < 4.78 is 0. The van der Waals surface area contributed by atoms with Crippen LogP contribution in [0.25, 0.3) is 29.1 Å². The van der Waals surface area contributed by atoms with Gasteiger partial charge in [-0.05, 0) is 34.4 Å². The van der Waals surface area contributed by atoms with Gasteiger partial charge >= 0.3 is 0 Å². The van der Waals surface area contributed by atoms with Crippen LogP contribution in [-0.2, 0) is 0 Å². The summed E-state index contributed by atoms with van der Waals surface area (Å²) in [5, 5.41) is 8.82. The zero-order chi connectivity index (χ0) is 21.0. The maximum absolute atomic E-state index is 8.82. The summed E-state index contributed by atoms with van der Waals surface area (Å²) in [5.74, 6) is 0. The van der Waals surface area contributed by atoms with Crippen molar-refractivity contribution >= 4 is 30.0 Å². The first-order valence-electron chi connectivity index (χ1n) is 9.54. The lowest BCUT2D eigenvalue weighted by Crippen LogP contribution is -1.75. The van der Waals surface area contributed by atoms with Gasteiger partial charge in [0.15, 0.2) is 5.69 Å². The molecule has 0 bridgehead atoms. The highest BCUT2D eigenvalue weighted by Gasteiger charge is 1.90. The van der Waals surface area contributed by atoms with Crippen LogP contribution < -0.4 is 0 Å². The van der Waals surface area contributed by atoms with Gasteiger partial charge in [0.2, 0.25) is 0 Å². The first kappa shape index (κ1) is 20.3. The van der Waals surface area contributed by atoms with Crippen LogP contribution >= 0.6 is 0 Å². The van der Waals surface area contributed by atoms with E-state index in [-0.39, 0.29) is 0 Å². The van der Waals surface area contributed by atoms with Crippen molar-refractivity contribution in [2.75, 3.05) is 0 Å². The van der Waals surface area contributed by atoms with Crippen molar-refractivity contribution in [3.05, 3.63) is 136 Å². The standard InChI is InChI=1S/C28H20N2/c1-30-28-20-18-26(19-21-28)9-5-4-7-24-12-10-23(11-13-24)6-2-3-8-25-14-16-27(22-29)17-15-25/h2-21H. The number of allylic oxidation sites excluding steroid dienone is 4. The highest BCUT2D eigenvalue weighted by Crippen LogP contribution is 2.14. The lowest BCUT2D eigenvalue weighted by Gasteiger charge is -1.95. The number of nitriles is 1. The Labute approximate surface area is 177 Å². The van der Waals surface area contributed by atoms with E-state index in [1.807, 2.05) is 85.0 Å². The van der Waals surface area contributed by atoms with Gasteiger partial charge in [-0.25, -0.2) is 4.85 Å². The van der Waals surface area contributed by atoms with Crippen molar-refractivity contribution in [1.29, 1.82) is 5.26 Å². The molecule has 0 saturated carbocycles. The van der Waals surface area contributed by atoms with E-state index in [0.717, 1.165) is 22.3 Å². The Morgan fingerprint density at radius 1 is 0.567 bits per heavy atom. The first-order chi connectivity index (χ1) is 14.8. The minimum Gasteiger partial charge on any atom is -0.238 e. The zero-order valence-electron chi connectivity index (χ0n) is 16.4. The molecule has 0 heterocycles. The van der Waals surface area contributed by atoms with E-state index in [2.05, 4.69) is 47.3 Å². The minimum atomic E-state index is 0.654. The molecule has 2 nitrogen and oxygen atoms in total. The molecule has 0 atom stereocenters. The molecule has 142 valence electrons. The van der Waals surface area contributed by atoms with Gasteiger partial charge in [-0.15, -0.1) is 0 Å². The Morgan fingerprint density at radius 2 is 0.900 bits per heavy atom. The van der Waals surface area contributed by atoms with Crippen LogP contribution in [0.2, 0.25) is 0 Å². The SMILES string of the molecule is [C-]#[N+]c1ccc(C=CC=Cc2ccc(C=CC=Cc3ccc(C#N)cc3)cc2)cc1. The van der Waals surface area contributed by atoms with Gasteiger partial charge in [-0.2, -0.15) is 5.26 Å². The number of benzene rings is 3. The molecule has 0 spiro atoms. The Bertz CT molecular complexity index is 1060. The third-order valence-corrected chi connectivity index (χ3v) is 4.38. The van der Waals surface area contributed by atoms with Gasteiger partial charge in [-0.1, -0.05) is 109 Å². The molecule has 0 aliphatic carbocycles. The topological polar surface area (TPSA) is 28.1 Å². The predicted octanol–water partition coefficient (Wildman–Crippen LogP) is 7.56. The molecule has 0 aliphatic heterocycles. The number of hydrogen-bond donors (Lipinski definition) is 0. The molecule has 0 fully saturated rings. The van der Waals surface area contributed by atoms with Crippen LogP contribution in [0, 0.1) is 17.9 Å². The van der Waals surface area contributed by atoms with Gasteiger partial charge < -0.3 is 0 Å². The van der Waals surface area contributed by atoms with Crippen molar-refractivity contribution in [2.24, 2.45) is 0 Å². The quantitative estimate of drug-likeness (QED) is 0.318. The summed E-state index contributed by atoms with van der Waals surface area (Å²) in [5.41, 5.74) is 5.72. The molecule has 3 aromatic rings. The van der Waals surface area contributed by atoms with E-state index in [0.29, 0.717) is 11.3 Å². The van der Waals surface area contributed by atoms with Crippen LogP contribution in [0.1, 0.15) is 27.8 Å². The van der Waals surface area contributed by atoms with Crippen LogP contribution in [0.4, 0.5) is 5.69 Å². The van der Waals surface area contributed by atoms with E-state index in [1.165, 1.54) is 0 Å². The summed E-state index contributed by atoms with van der Waals surface area (Å²) in [6.45, 7) is 6.97. The summed E-state index contributed by atoms with van der Waals surface area (Å²) in [6, 6.07) is 25.5. The van der Waals surface area contributed by atoms with Gasteiger partial charge in [0.1, 0.15) is 0 Å². The van der Waals surface area contributed by atoms with Crippen molar-refractivity contribution in [3.63, 3.8) is 0 Å². The fraction of sp³-hybridized carbons (Fsp3) is 0. The van der Waals surface area contributed by atoms with Gasteiger partial charge in [-0.3, -0.25) is 0 Å². The van der Waals surface area contributed by atoms with Gasteiger partial charge in [0.05, 0.1) is 18.2 Å². The Kier molecular flexibility index (Phi) is 7.33. The van der Waals surface area contributed by atoms with E-state index in [4.69, 9.17) is 11.8 Å². The van der Waals surface area contributed by atoms with Crippen molar-refractivity contribution in [1.82, 2.24) is 0 Å². The minimum absolute atomic E-state index is 0.654. The monoisotopic (exact) mass is 384 g/mol. The lowest BCUT2D eigenvalue weighted by atomic mass is 10.1. The molecule has 0 unspecified atom stereocenters. The number of hydrogen-bond acceptors (Lipinski definition) is 1. The highest BCUT2D eigenvalue weighted by molar-refractivity contribution is 5.62. The number of nitrogens with zero attached hydrogens (tertiary/aromatic N) is 2. The molecule has 3 rings (SSSR count). The van der Waals surface area contributed by atoms with Crippen molar-refractivity contribution in [3.8, 4) is 6.07 Å². The molecular weight excluding hydrogens is 364 g/mol. The molecule has 0 saturated heterocycles.